The average molecular weight is 465 g/mol. The van der Waals surface area contributed by atoms with Crippen LogP contribution in [0.15, 0.2) is 52.6 Å². The Hall–Kier alpha value is -3.22. The highest BCUT2D eigenvalue weighted by atomic mass is 32.2. The van der Waals surface area contributed by atoms with Crippen molar-refractivity contribution in [2.45, 2.75) is 35.6 Å². The van der Waals surface area contributed by atoms with Crippen LogP contribution in [0, 0.1) is 29.9 Å². The van der Waals surface area contributed by atoms with E-state index in [1.54, 1.807) is 10.7 Å². The fourth-order valence-electron chi connectivity index (χ4n) is 4.40. The van der Waals surface area contributed by atoms with Crippen LogP contribution in [0.1, 0.15) is 30.1 Å². The smallest absolute Gasteiger partial charge is 0.141 e. The number of aromatic nitrogens is 4. The van der Waals surface area contributed by atoms with Crippen molar-refractivity contribution in [3.63, 3.8) is 0 Å². The van der Waals surface area contributed by atoms with Gasteiger partial charge in [0.15, 0.2) is 0 Å². The molecule has 0 N–H and O–H groups in total. The van der Waals surface area contributed by atoms with E-state index in [9.17, 15) is 14.0 Å². The first-order valence-electron chi connectivity index (χ1n) is 10.7. The van der Waals surface area contributed by atoms with Gasteiger partial charge in [-0.3, -0.25) is 4.68 Å². The molecule has 0 spiro atoms. The van der Waals surface area contributed by atoms with Crippen LogP contribution in [0.4, 0.5) is 8.78 Å². The third-order valence-electron chi connectivity index (χ3n) is 6.20. The van der Waals surface area contributed by atoms with Crippen LogP contribution in [0.5, 0.6) is 0 Å². The summed E-state index contributed by atoms with van der Waals surface area (Å²) >= 11 is 1.10. The molecule has 4 heterocycles. The Kier molecular flexibility index (Phi) is 5.64. The number of pyridine rings is 1. The Bertz CT molecular complexity index is 1380. The molecule has 6 nitrogen and oxygen atoms in total. The zero-order chi connectivity index (χ0) is 23.1. The lowest BCUT2D eigenvalue weighted by Crippen LogP contribution is -2.32. The first-order valence-corrected chi connectivity index (χ1v) is 11.5. The molecule has 0 unspecified atom stereocenters. The Labute approximate surface area is 194 Å². The fraction of sp³-hybridized carbons (Fsp3) is 0.292. The quantitative estimate of drug-likeness (QED) is 0.422. The van der Waals surface area contributed by atoms with Crippen molar-refractivity contribution in [3.8, 4) is 17.2 Å². The molecule has 9 heteroatoms. The number of hydrogen-bond acceptors (Lipinski definition) is 5. The molecule has 1 aliphatic heterocycles. The van der Waals surface area contributed by atoms with Gasteiger partial charge in [-0.15, -0.1) is 0 Å². The zero-order valence-corrected chi connectivity index (χ0v) is 19.1. The van der Waals surface area contributed by atoms with E-state index < -0.39 is 11.6 Å². The third kappa shape index (κ3) is 4.01. The van der Waals surface area contributed by atoms with Crippen molar-refractivity contribution in [1.82, 2.24) is 24.3 Å². The number of halogens is 2. The van der Waals surface area contributed by atoms with Crippen molar-refractivity contribution >= 4 is 17.3 Å². The molecule has 0 amide bonds. The van der Waals surface area contributed by atoms with Crippen LogP contribution in [-0.4, -0.2) is 44.4 Å². The molecule has 5 rings (SSSR count). The molecule has 0 bridgehead atoms. The maximum absolute atomic E-state index is 14.6. The van der Waals surface area contributed by atoms with Gasteiger partial charge in [-0.05, 0) is 58.1 Å². The van der Waals surface area contributed by atoms with E-state index in [1.807, 2.05) is 30.6 Å². The topological polar surface area (TPSA) is 62.2 Å². The van der Waals surface area contributed by atoms with E-state index in [0.29, 0.717) is 6.04 Å². The van der Waals surface area contributed by atoms with Crippen LogP contribution >= 0.6 is 11.8 Å². The van der Waals surface area contributed by atoms with E-state index in [4.69, 9.17) is 5.10 Å². The second-order valence-electron chi connectivity index (χ2n) is 8.35. The predicted molar refractivity (Wildman–Crippen MR) is 122 cm³/mol. The summed E-state index contributed by atoms with van der Waals surface area (Å²) in [5, 5.41) is 18.5. The van der Waals surface area contributed by atoms with Crippen LogP contribution in [-0.2, 0) is 0 Å². The zero-order valence-electron chi connectivity index (χ0n) is 18.3. The number of nitrogens with zero attached hydrogens (tertiary/aromatic N) is 6. The molecular formula is C24H22F2N6S. The summed E-state index contributed by atoms with van der Waals surface area (Å²) < 4.78 is 32.0. The first kappa shape index (κ1) is 21.6. The second kappa shape index (κ2) is 8.61. The van der Waals surface area contributed by atoms with E-state index in [-0.39, 0.29) is 10.5 Å². The number of rotatable bonds is 4. The largest absolute Gasteiger partial charge is 0.306 e. The van der Waals surface area contributed by atoms with Crippen LogP contribution < -0.4 is 0 Å². The Morgan fingerprint density at radius 3 is 2.70 bits per heavy atom. The van der Waals surface area contributed by atoms with Crippen molar-refractivity contribution in [2.75, 3.05) is 20.1 Å². The van der Waals surface area contributed by atoms with Gasteiger partial charge in [0.2, 0.25) is 0 Å². The monoisotopic (exact) mass is 464 g/mol. The summed E-state index contributed by atoms with van der Waals surface area (Å²) in [6.07, 6.45) is 7.57. The molecule has 1 fully saturated rings. The molecule has 0 atom stereocenters. The van der Waals surface area contributed by atoms with Crippen molar-refractivity contribution < 1.29 is 8.78 Å². The van der Waals surface area contributed by atoms with Gasteiger partial charge in [0, 0.05) is 34.0 Å². The Morgan fingerprint density at radius 2 is 1.94 bits per heavy atom. The van der Waals surface area contributed by atoms with Gasteiger partial charge < -0.3 is 4.90 Å². The highest BCUT2D eigenvalue weighted by molar-refractivity contribution is 7.99. The lowest BCUT2D eigenvalue weighted by atomic mass is 10.0. The minimum Gasteiger partial charge on any atom is -0.306 e. The maximum Gasteiger partial charge on any atom is 0.141 e. The summed E-state index contributed by atoms with van der Waals surface area (Å²) in [6, 6.07) is 7.90. The van der Waals surface area contributed by atoms with E-state index in [0.717, 1.165) is 77.1 Å². The SMILES string of the molecule is Cc1c(-c2cc(Sc3c(F)cc(F)cc3C#N)c3ccnn3c2)cnn1C1CCN(C)CC1. The highest BCUT2D eigenvalue weighted by Gasteiger charge is 2.22. The molecule has 33 heavy (non-hydrogen) atoms. The number of hydrogen-bond donors (Lipinski definition) is 0. The van der Waals surface area contributed by atoms with E-state index >= 15 is 0 Å². The molecule has 4 aromatic rings. The van der Waals surface area contributed by atoms with Crippen molar-refractivity contribution in [3.05, 3.63) is 65.7 Å². The van der Waals surface area contributed by atoms with E-state index in [2.05, 4.69) is 28.7 Å². The van der Waals surface area contributed by atoms with Gasteiger partial charge in [0.1, 0.15) is 17.7 Å². The molecule has 1 aliphatic rings. The molecule has 0 saturated carbocycles. The number of fused-ring (bicyclic) bond motifs is 1. The lowest BCUT2D eigenvalue weighted by Gasteiger charge is -2.29. The van der Waals surface area contributed by atoms with Gasteiger partial charge in [-0.1, -0.05) is 11.8 Å². The van der Waals surface area contributed by atoms with Gasteiger partial charge in [-0.25, -0.2) is 13.3 Å². The Balaban J connectivity index is 1.56. The second-order valence-corrected chi connectivity index (χ2v) is 9.41. The van der Waals surface area contributed by atoms with Gasteiger partial charge >= 0.3 is 0 Å². The maximum atomic E-state index is 14.6. The normalized spacial score (nSPS) is 15.2. The summed E-state index contributed by atoms with van der Waals surface area (Å²) in [6.45, 7) is 4.15. The third-order valence-corrected chi connectivity index (χ3v) is 7.37. The number of benzene rings is 1. The van der Waals surface area contributed by atoms with Gasteiger partial charge in [-0.2, -0.15) is 15.5 Å². The molecule has 1 saturated heterocycles. The first-order chi connectivity index (χ1) is 15.9. The average Bonchev–Trinajstić information content (AvgIpc) is 3.42. The fourth-order valence-corrected chi connectivity index (χ4v) is 5.44. The molecule has 0 radical (unpaired) electrons. The number of likely N-dealkylation sites (tertiary alicyclic amines) is 1. The minimum atomic E-state index is -0.770. The molecular weight excluding hydrogens is 442 g/mol. The van der Waals surface area contributed by atoms with Crippen LogP contribution in [0.3, 0.4) is 0 Å². The lowest BCUT2D eigenvalue weighted by molar-refractivity contribution is 0.210. The highest BCUT2D eigenvalue weighted by Crippen LogP contribution is 2.38. The molecule has 3 aromatic heterocycles. The standard InChI is InChI=1S/C24H22F2N6S/c1-15-20(13-29-32(15)19-4-7-30(2)8-5-19)17-10-23(22-3-6-28-31(22)14-17)33-24-16(12-27)9-18(25)11-21(24)26/h3,6,9-11,13-14,19H,4-5,7-8H2,1-2H3. The number of piperidine rings is 1. The van der Waals surface area contributed by atoms with Crippen LogP contribution in [0.25, 0.3) is 16.6 Å². The van der Waals surface area contributed by atoms with E-state index in [1.165, 1.54) is 0 Å². The summed E-state index contributed by atoms with van der Waals surface area (Å²) in [4.78, 5) is 3.14. The predicted octanol–water partition coefficient (Wildman–Crippen LogP) is 5.07. The summed E-state index contributed by atoms with van der Waals surface area (Å²) in [5.41, 5.74) is 3.68. The molecule has 168 valence electrons. The van der Waals surface area contributed by atoms with Crippen LogP contribution in [0.2, 0.25) is 0 Å². The van der Waals surface area contributed by atoms with Gasteiger partial charge in [0.05, 0.1) is 34.4 Å². The molecule has 1 aromatic carbocycles. The van der Waals surface area contributed by atoms with Gasteiger partial charge in [0.25, 0.3) is 0 Å². The minimum absolute atomic E-state index is 0.0353. The number of nitriles is 1. The van der Waals surface area contributed by atoms with Crippen molar-refractivity contribution in [1.29, 1.82) is 5.26 Å². The Morgan fingerprint density at radius 1 is 1.15 bits per heavy atom. The molecule has 0 aliphatic carbocycles. The summed E-state index contributed by atoms with van der Waals surface area (Å²) in [5.74, 6) is -1.53. The van der Waals surface area contributed by atoms with Crippen molar-refractivity contribution in [2.24, 2.45) is 0 Å². The summed E-state index contributed by atoms with van der Waals surface area (Å²) in [7, 11) is 2.14.